The van der Waals surface area contributed by atoms with Crippen molar-refractivity contribution in [3.05, 3.63) is 22.7 Å². The van der Waals surface area contributed by atoms with Crippen molar-refractivity contribution in [2.75, 3.05) is 0 Å². The first kappa shape index (κ1) is 10.3. The molecule has 84 valence electrons. The lowest BCUT2D eigenvalue weighted by molar-refractivity contribution is 0.278. The van der Waals surface area contributed by atoms with Crippen molar-refractivity contribution in [3.8, 4) is 0 Å². The third-order valence-electron chi connectivity index (χ3n) is 3.45. The highest BCUT2D eigenvalue weighted by atomic mass is 79.9. The van der Waals surface area contributed by atoms with E-state index in [4.69, 9.17) is 0 Å². The fraction of sp³-hybridized carbons (Fsp3) is 0.500. The van der Waals surface area contributed by atoms with Crippen LogP contribution in [-0.4, -0.2) is 15.0 Å². The van der Waals surface area contributed by atoms with E-state index in [2.05, 4.69) is 32.3 Å². The Balaban J connectivity index is 1.82. The molecule has 0 atom stereocenters. The van der Waals surface area contributed by atoms with Gasteiger partial charge in [0.05, 0.1) is 5.52 Å². The minimum Gasteiger partial charge on any atom is -0.245 e. The van der Waals surface area contributed by atoms with Crippen LogP contribution >= 0.6 is 15.9 Å². The maximum atomic E-state index is 4.21. The van der Waals surface area contributed by atoms with E-state index in [1.54, 1.807) is 0 Å². The second-order valence-corrected chi connectivity index (χ2v) is 5.45. The monoisotopic (exact) mass is 279 g/mol. The van der Waals surface area contributed by atoms with Gasteiger partial charge in [-0.25, -0.2) is 4.68 Å². The Kier molecular flexibility index (Phi) is 2.67. The van der Waals surface area contributed by atoms with Crippen LogP contribution in [0.5, 0.6) is 0 Å². The van der Waals surface area contributed by atoms with Gasteiger partial charge in [-0.05, 0) is 30.5 Å². The molecular weight excluding hydrogens is 266 g/mol. The number of fused-ring (bicyclic) bond motifs is 1. The molecular formula is C12H14BrN3. The molecule has 1 aliphatic carbocycles. The van der Waals surface area contributed by atoms with Gasteiger partial charge < -0.3 is 0 Å². The molecule has 1 aliphatic rings. The van der Waals surface area contributed by atoms with Gasteiger partial charge in [0.25, 0.3) is 0 Å². The zero-order valence-corrected chi connectivity index (χ0v) is 10.7. The number of rotatable bonds is 3. The second kappa shape index (κ2) is 4.17. The fourth-order valence-corrected chi connectivity index (χ4v) is 2.54. The predicted octanol–water partition coefficient (Wildman–Crippen LogP) is 3.38. The van der Waals surface area contributed by atoms with Crippen molar-refractivity contribution < 1.29 is 0 Å². The zero-order chi connectivity index (χ0) is 11.0. The van der Waals surface area contributed by atoms with Gasteiger partial charge in [-0.3, -0.25) is 0 Å². The largest absolute Gasteiger partial charge is 0.245 e. The summed E-state index contributed by atoms with van der Waals surface area (Å²) in [7, 11) is 0. The molecule has 16 heavy (non-hydrogen) atoms. The summed E-state index contributed by atoms with van der Waals surface area (Å²) >= 11 is 3.49. The number of aromatic nitrogens is 3. The molecule has 0 radical (unpaired) electrons. The van der Waals surface area contributed by atoms with Crippen molar-refractivity contribution in [2.24, 2.45) is 5.92 Å². The van der Waals surface area contributed by atoms with Crippen LogP contribution in [0.2, 0.25) is 0 Å². The van der Waals surface area contributed by atoms with E-state index in [9.17, 15) is 0 Å². The highest BCUT2D eigenvalue weighted by Gasteiger charge is 2.17. The van der Waals surface area contributed by atoms with E-state index >= 15 is 0 Å². The number of halogens is 1. The first-order valence-electron chi connectivity index (χ1n) is 5.82. The molecule has 4 heteroatoms. The van der Waals surface area contributed by atoms with Crippen molar-refractivity contribution in [1.82, 2.24) is 15.0 Å². The van der Waals surface area contributed by atoms with Crippen LogP contribution in [0.4, 0.5) is 0 Å². The topological polar surface area (TPSA) is 30.7 Å². The molecule has 2 aromatic rings. The zero-order valence-electron chi connectivity index (χ0n) is 9.06. The average molecular weight is 280 g/mol. The summed E-state index contributed by atoms with van der Waals surface area (Å²) in [5.41, 5.74) is 2.12. The molecule has 1 aromatic carbocycles. The molecule has 0 unspecified atom stereocenters. The Hall–Kier alpha value is -0.900. The van der Waals surface area contributed by atoms with Crippen molar-refractivity contribution in [2.45, 2.75) is 32.2 Å². The fourth-order valence-electron chi connectivity index (χ4n) is 2.19. The first-order chi connectivity index (χ1) is 7.83. The van der Waals surface area contributed by atoms with E-state index in [0.717, 1.165) is 28.0 Å². The van der Waals surface area contributed by atoms with E-state index in [1.807, 2.05) is 16.8 Å². The highest BCUT2D eigenvalue weighted by Crippen LogP contribution is 2.30. The van der Waals surface area contributed by atoms with Gasteiger partial charge in [-0.15, -0.1) is 5.10 Å². The maximum absolute atomic E-state index is 4.21. The lowest BCUT2D eigenvalue weighted by atomic mass is 9.83. The van der Waals surface area contributed by atoms with E-state index in [0.29, 0.717) is 0 Å². The van der Waals surface area contributed by atoms with E-state index in [1.165, 1.54) is 25.7 Å². The Morgan fingerprint density at radius 3 is 3.00 bits per heavy atom. The summed E-state index contributed by atoms with van der Waals surface area (Å²) < 4.78 is 3.12. The first-order valence-corrected chi connectivity index (χ1v) is 6.61. The van der Waals surface area contributed by atoms with Crippen LogP contribution in [0.3, 0.4) is 0 Å². The van der Waals surface area contributed by atoms with Crippen LogP contribution in [-0.2, 0) is 6.54 Å². The highest BCUT2D eigenvalue weighted by molar-refractivity contribution is 9.10. The summed E-state index contributed by atoms with van der Waals surface area (Å²) in [6, 6.07) is 6.11. The molecule has 1 aromatic heterocycles. The van der Waals surface area contributed by atoms with Crippen LogP contribution in [0.25, 0.3) is 11.0 Å². The van der Waals surface area contributed by atoms with E-state index < -0.39 is 0 Å². The van der Waals surface area contributed by atoms with Crippen LogP contribution in [0.1, 0.15) is 25.7 Å². The maximum Gasteiger partial charge on any atom is 0.113 e. The van der Waals surface area contributed by atoms with Crippen molar-refractivity contribution in [3.63, 3.8) is 0 Å². The van der Waals surface area contributed by atoms with Gasteiger partial charge in [0.1, 0.15) is 5.52 Å². The van der Waals surface area contributed by atoms with Gasteiger partial charge in [-0.2, -0.15) is 0 Å². The quantitative estimate of drug-likeness (QED) is 0.862. The molecule has 0 saturated heterocycles. The number of hydrogen-bond acceptors (Lipinski definition) is 2. The number of benzene rings is 1. The Labute approximate surface area is 103 Å². The summed E-state index contributed by atoms with van der Waals surface area (Å²) in [6.45, 7) is 0.998. The summed E-state index contributed by atoms with van der Waals surface area (Å²) in [5, 5.41) is 8.39. The normalized spacial score (nSPS) is 16.6. The summed E-state index contributed by atoms with van der Waals surface area (Å²) in [5.74, 6) is 0.923. The molecule has 1 heterocycles. The third kappa shape index (κ3) is 1.86. The molecule has 3 nitrogen and oxygen atoms in total. The molecule has 1 fully saturated rings. The molecule has 3 rings (SSSR count). The average Bonchev–Trinajstić information content (AvgIpc) is 2.59. The van der Waals surface area contributed by atoms with Gasteiger partial charge in [0.15, 0.2) is 0 Å². The smallest absolute Gasteiger partial charge is 0.113 e. The van der Waals surface area contributed by atoms with Crippen LogP contribution in [0, 0.1) is 5.92 Å². The van der Waals surface area contributed by atoms with Gasteiger partial charge in [0.2, 0.25) is 0 Å². The molecule has 0 spiro atoms. The van der Waals surface area contributed by atoms with Gasteiger partial charge in [0, 0.05) is 11.0 Å². The Bertz CT molecular complexity index is 502. The summed E-state index contributed by atoms with van der Waals surface area (Å²) in [4.78, 5) is 0. The SMILES string of the molecule is Brc1ccc2nnn(CCC3CCC3)c2c1. The Morgan fingerprint density at radius 1 is 1.38 bits per heavy atom. The number of nitrogens with zero attached hydrogens (tertiary/aromatic N) is 3. The standard InChI is InChI=1S/C12H14BrN3/c13-10-4-5-11-12(8-10)16(15-14-11)7-6-9-2-1-3-9/h4-5,8-9H,1-3,6-7H2. The number of aryl methyl sites for hydroxylation is 1. The third-order valence-corrected chi connectivity index (χ3v) is 3.94. The minimum atomic E-state index is 0.923. The predicted molar refractivity (Wildman–Crippen MR) is 67.2 cm³/mol. The second-order valence-electron chi connectivity index (χ2n) is 4.53. The Morgan fingerprint density at radius 2 is 2.25 bits per heavy atom. The van der Waals surface area contributed by atoms with Crippen LogP contribution < -0.4 is 0 Å². The van der Waals surface area contributed by atoms with Gasteiger partial charge >= 0.3 is 0 Å². The van der Waals surface area contributed by atoms with Crippen LogP contribution in [0.15, 0.2) is 22.7 Å². The van der Waals surface area contributed by atoms with Gasteiger partial charge in [-0.1, -0.05) is 40.4 Å². The molecule has 0 N–H and O–H groups in total. The molecule has 0 aliphatic heterocycles. The van der Waals surface area contributed by atoms with Crippen molar-refractivity contribution >= 4 is 27.0 Å². The molecule has 0 amide bonds. The number of hydrogen-bond donors (Lipinski definition) is 0. The molecule has 1 saturated carbocycles. The van der Waals surface area contributed by atoms with Crippen molar-refractivity contribution in [1.29, 1.82) is 0 Å². The minimum absolute atomic E-state index is 0.923. The lowest BCUT2D eigenvalue weighted by Gasteiger charge is -2.24. The molecule has 0 bridgehead atoms. The summed E-state index contributed by atoms with van der Waals surface area (Å²) in [6.07, 6.45) is 5.45. The van der Waals surface area contributed by atoms with E-state index in [-0.39, 0.29) is 0 Å². The lowest BCUT2D eigenvalue weighted by Crippen LogP contribution is -2.14.